The van der Waals surface area contributed by atoms with Crippen molar-refractivity contribution in [2.45, 2.75) is 32.5 Å². The summed E-state index contributed by atoms with van der Waals surface area (Å²) in [6.45, 7) is 6.02. The number of carbonyl (C=O) groups excluding carboxylic acids is 2. The van der Waals surface area contributed by atoms with Gasteiger partial charge < -0.3 is 9.73 Å². The topological polar surface area (TPSA) is 85.1 Å². The Kier molecular flexibility index (Phi) is 6.31. The SMILES string of the molecule is CC(C)(C)C(=O)NCc1ccc(C(=O)CSc2nnc(-c3ccccc3)o2)s1. The van der Waals surface area contributed by atoms with Gasteiger partial charge in [0.25, 0.3) is 5.22 Å². The van der Waals surface area contributed by atoms with E-state index in [1.54, 1.807) is 6.07 Å². The molecule has 0 bridgehead atoms. The first-order chi connectivity index (χ1) is 13.3. The van der Waals surface area contributed by atoms with Gasteiger partial charge in [-0.05, 0) is 24.3 Å². The minimum Gasteiger partial charge on any atom is -0.411 e. The number of amides is 1. The number of ketones is 1. The van der Waals surface area contributed by atoms with Crippen molar-refractivity contribution >= 4 is 34.8 Å². The van der Waals surface area contributed by atoms with Crippen molar-refractivity contribution in [1.29, 1.82) is 0 Å². The van der Waals surface area contributed by atoms with E-state index >= 15 is 0 Å². The summed E-state index contributed by atoms with van der Waals surface area (Å²) in [7, 11) is 0. The Morgan fingerprint density at radius 1 is 1.11 bits per heavy atom. The number of thioether (sulfide) groups is 1. The van der Waals surface area contributed by atoms with Gasteiger partial charge in [0, 0.05) is 15.9 Å². The van der Waals surface area contributed by atoms with Crippen molar-refractivity contribution < 1.29 is 14.0 Å². The van der Waals surface area contributed by atoms with Gasteiger partial charge in [0.15, 0.2) is 5.78 Å². The molecule has 6 nitrogen and oxygen atoms in total. The standard InChI is InChI=1S/C20H21N3O3S2/c1-20(2,3)18(25)21-11-14-9-10-16(28-14)15(24)12-27-19-23-22-17(26-19)13-7-5-4-6-8-13/h4-10H,11-12H2,1-3H3,(H,21,25). The smallest absolute Gasteiger partial charge is 0.277 e. The molecule has 1 aromatic carbocycles. The molecule has 8 heteroatoms. The molecule has 1 N–H and O–H groups in total. The number of carbonyl (C=O) groups is 2. The number of thiophene rings is 1. The zero-order chi connectivity index (χ0) is 20.1. The molecule has 2 aromatic heterocycles. The van der Waals surface area contributed by atoms with Crippen LogP contribution in [0.15, 0.2) is 52.1 Å². The Labute approximate surface area is 171 Å². The van der Waals surface area contributed by atoms with E-state index in [1.807, 2.05) is 57.2 Å². The van der Waals surface area contributed by atoms with Crippen LogP contribution in [0, 0.1) is 5.41 Å². The summed E-state index contributed by atoms with van der Waals surface area (Å²) in [4.78, 5) is 25.9. The molecular formula is C20H21N3O3S2. The predicted octanol–water partition coefficient (Wildman–Crippen LogP) is 4.44. The molecule has 3 rings (SSSR count). The summed E-state index contributed by atoms with van der Waals surface area (Å²) in [6.07, 6.45) is 0. The van der Waals surface area contributed by atoms with Crippen molar-refractivity contribution in [3.63, 3.8) is 0 Å². The third-order valence-corrected chi connectivity index (χ3v) is 5.74. The van der Waals surface area contributed by atoms with Gasteiger partial charge in [0.2, 0.25) is 11.8 Å². The van der Waals surface area contributed by atoms with E-state index in [1.165, 1.54) is 23.1 Å². The summed E-state index contributed by atoms with van der Waals surface area (Å²) in [5.41, 5.74) is 0.406. The summed E-state index contributed by atoms with van der Waals surface area (Å²) in [6, 6.07) is 13.1. The Morgan fingerprint density at radius 2 is 1.86 bits per heavy atom. The second-order valence-electron chi connectivity index (χ2n) is 7.15. The summed E-state index contributed by atoms with van der Waals surface area (Å²) < 4.78 is 5.60. The lowest BCUT2D eigenvalue weighted by Gasteiger charge is -2.17. The molecule has 2 heterocycles. The molecule has 0 aliphatic carbocycles. The highest BCUT2D eigenvalue weighted by Crippen LogP contribution is 2.25. The van der Waals surface area contributed by atoms with Crippen LogP contribution in [0.1, 0.15) is 35.3 Å². The molecule has 146 valence electrons. The van der Waals surface area contributed by atoms with E-state index in [-0.39, 0.29) is 17.4 Å². The first-order valence-corrected chi connectivity index (χ1v) is 10.5. The van der Waals surface area contributed by atoms with Gasteiger partial charge in [0.05, 0.1) is 17.2 Å². The Hall–Kier alpha value is -2.45. The van der Waals surface area contributed by atoms with E-state index in [9.17, 15) is 9.59 Å². The number of nitrogens with zero attached hydrogens (tertiary/aromatic N) is 2. The van der Waals surface area contributed by atoms with Crippen LogP contribution >= 0.6 is 23.1 Å². The first-order valence-electron chi connectivity index (χ1n) is 8.75. The van der Waals surface area contributed by atoms with Gasteiger partial charge in [-0.15, -0.1) is 21.5 Å². The monoisotopic (exact) mass is 415 g/mol. The number of aromatic nitrogens is 2. The molecule has 0 aliphatic heterocycles. The summed E-state index contributed by atoms with van der Waals surface area (Å²) in [5.74, 6) is 0.617. The Morgan fingerprint density at radius 3 is 2.57 bits per heavy atom. The highest BCUT2D eigenvalue weighted by Gasteiger charge is 2.21. The fraction of sp³-hybridized carbons (Fsp3) is 0.300. The van der Waals surface area contributed by atoms with Crippen molar-refractivity contribution in [3.05, 3.63) is 52.2 Å². The van der Waals surface area contributed by atoms with Crippen LogP contribution in [0.2, 0.25) is 0 Å². The van der Waals surface area contributed by atoms with Crippen molar-refractivity contribution in [3.8, 4) is 11.5 Å². The normalized spacial score (nSPS) is 11.4. The molecule has 0 atom stereocenters. The minimum atomic E-state index is -0.435. The number of benzene rings is 1. The lowest BCUT2D eigenvalue weighted by molar-refractivity contribution is -0.128. The quantitative estimate of drug-likeness (QED) is 0.454. The van der Waals surface area contributed by atoms with Crippen LogP contribution < -0.4 is 5.32 Å². The van der Waals surface area contributed by atoms with Crippen LogP contribution in [0.5, 0.6) is 0 Å². The van der Waals surface area contributed by atoms with Gasteiger partial charge in [-0.1, -0.05) is 50.7 Å². The van der Waals surface area contributed by atoms with Crippen LogP contribution in [-0.2, 0) is 11.3 Å². The number of nitrogens with one attached hydrogen (secondary N) is 1. The zero-order valence-electron chi connectivity index (χ0n) is 15.9. The predicted molar refractivity (Wildman–Crippen MR) is 110 cm³/mol. The fourth-order valence-electron chi connectivity index (χ4n) is 2.22. The number of hydrogen-bond donors (Lipinski definition) is 1. The maximum absolute atomic E-state index is 12.4. The van der Waals surface area contributed by atoms with Gasteiger partial charge in [0.1, 0.15) is 0 Å². The van der Waals surface area contributed by atoms with E-state index in [0.717, 1.165) is 10.4 Å². The maximum Gasteiger partial charge on any atom is 0.277 e. The number of Topliss-reactive ketones (excluding diaryl/α,β-unsaturated/α-hetero) is 1. The summed E-state index contributed by atoms with van der Waals surface area (Å²) in [5, 5.41) is 11.3. The highest BCUT2D eigenvalue weighted by atomic mass is 32.2. The average Bonchev–Trinajstić information content (AvgIpc) is 3.34. The number of hydrogen-bond acceptors (Lipinski definition) is 7. The van der Waals surface area contributed by atoms with Crippen LogP contribution in [-0.4, -0.2) is 27.6 Å². The molecule has 0 spiro atoms. The molecule has 28 heavy (non-hydrogen) atoms. The number of rotatable bonds is 7. The molecule has 0 aliphatic rings. The van der Waals surface area contributed by atoms with Crippen LogP contribution in [0.4, 0.5) is 0 Å². The summed E-state index contributed by atoms with van der Waals surface area (Å²) >= 11 is 2.60. The van der Waals surface area contributed by atoms with E-state index < -0.39 is 5.41 Å². The molecule has 1 amide bonds. The Bertz CT molecular complexity index is 958. The minimum absolute atomic E-state index is 0.0112. The molecule has 0 fully saturated rings. The second kappa shape index (κ2) is 8.70. The third-order valence-electron chi connectivity index (χ3n) is 3.79. The van der Waals surface area contributed by atoms with Gasteiger partial charge in [-0.25, -0.2) is 0 Å². The largest absolute Gasteiger partial charge is 0.411 e. The molecule has 3 aromatic rings. The zero-order valence-corrected chi connectivity index (χ0v) is 17.5. The highest BCUT2D eigenvalue weighted by molar-refractivity contribution is 7.99. The average molecular weight is 416 g/mol. The van der Waals surface area contributed by atoms with Crippen molar-refractivity contribution in [2.24, 2.45) is 5.41 Å². The second-order valence-corrected chi connectivity index (χ2v) is 9.24. The van der Waals surface area contributed by atoms with Gasteiger partial charge in [-0.3, -0.25) is 9.59 Å². The molecular weight excluding hydrogens is 394 g/mol. The molecule has 0 unspecified atom stereocenters. The van der Waals surface area contributed by atoms with E-state index in [0.29, 0.717) is 22.5 Å². The third kappa shape index (κ3) is 5.30. The van der Waals surface area contributed by atoms with Gasteiger partial charge >= 0.3 is 0 Å². The molecule has 0 saturated carbocycles. The van der Waals surface area contributed by atoms with E-state index in [4.69, 9.17) is 4.42 Å². The molecule has 0 radical (unpaired) electrons. The van der Waals surface area contributed by atoms with Gasteiger partial charge in [-0.2, -0.15) is 0 Å². The lowest BCUT2D eigenvalue weighted by atomic mass is 9.96. The van der Waals surface area contributed by atoms with Crippen molar-refractivity contribution in [2.75, 3.05) is 5.75 Å². The van der Waals surface area contributed by atoms with E-state index in [2.05, 4.69) is 15.5 Å². The lowest BCUT2D eigenvalue weighted by Crippen LogP contribution is -2.34. The maximum atomic E-state index is 12.4. The van der Waals surface area contributed by atoms with Crippen LogP contribution in [0.3, 0.4) is 0 Å². The van der Waals surface area contributed by atoms with Crippen molar-refractivity contribution in [1.82, 2.24) is 15.5 Å². The molecule has 0 saturated heterocycles. The first kappa shape index (κ1) is 20.3. The fourth-order valence-corrected chi connectivity index (χ4v) is 3.84. The van der Waals surface area contributed by atoms with Crippen LogP contribution in [0.25, 0.3) is 11.5 Å². The Balaban J connectivity index is 1.53.